The minimum atomic E-state index is 0.369. The van der Waals surface area contributed by atoms with Crippen molar-refractivity contribution in [1.29, 1.82) is 0 Å². The van der Waals surface area contributed by atoms with E-state index in [1.165, 1.54) is 39.0 Å². The van der Waals surface area contributed by atoms with E-state index in [0.717, 1.165) is 11.8 Å². The van der Waals surface area contributed by atoms with Crippen molar-refractivity contribution in [3.05, 3.63) is 0 Å². The van der Waals surface area contributed by atoms with Crippen LogP contribution in [0.3, 0.4) is 0 Å². The summed E-state index contributed by atoms with van der Waals surface area (Å²) in [4.78, 5) is 5.42. The summed E-state index contributed by atoms with van der Waals surface area (Å²) >= 11 is 4.58. The minimum absolute atomic E-state index is 0.369. The molecule has 0 aliphatic carbocycles. The first-order valence-electron chi connectivity index (χ1n) is 7.50. The smallest absolute Gasteiger partial charge is 0.0224 e. The van der Waals surface area contributed by atoms with Crippen LogP contribution in [0.2, 0.25) is 0 Å². The molecule has 0 aromatic rings. The monoisotopic (exact) mass is 270 g/mol. The highest BCUT2D eigenvalue weighted by atomic mass is 32.1. The van der Waals surface area contributed by atoms with Gasteiger partial charge in [-0.25, -0.2) is 0 Å². The summed E-state index contributed by atoms with van der Waals surface area (Å²) in [6.45, 7) is 14.6. The van der Waals surface area contributed by atoms with Crippen LogP contribution in [0, 0.1) is 11.3 Å². The van der Waals surface area contributed by atoms with Gasteiger partial charge in [-0.2, -0.15) is 12.6 Å². The number of hydrogen-bond acceptors (Lipinski definition) is 3. The average Bonchev–Trinajstić information content (AvgIpc) is 2.70. The molecule has 2 heterocycles. The molecule has 0 N–H and O–H groups in total. The zero-order chi connectivity index (χ0) is 13.3. The molecule has 0 spiro atoms. The summed E-state index contributed by atoms with van der Waals surface area (Å²) in [7, 11) is 0. The maximum Gasteiger partial charge on any atom is 0.0224 e. The van der Waals surface area contributed by atoms with Gasteiger partial charge >= 0.3 is 0 Å². The van der Waals surface area contributed by atoms with E-state index in [9.17, 15) is 0 Å². The normalized spacial score (nSPS) is 32.5. The van der Waals surface area contributed by atoms with E-state index in [0.29, 0.717) is 17.4 Å². The van der Waals surface area contributed by atoms with Crippen LogP contribution in [0.4, 0.5) is 0 Å². The molecule has 0 amide bonds. The van der Waals surface area contributed by atoms with Gasteiger partial charge < -0.3 is 0 Å². The first kappa shape index (κ1) is 14.7. The quantitative estimate of drug-likeness (QED) is 0.788. The molecule has 0 aromatic heterocycles. The Kier molecular flexibility index (Phi) is 4.66. The van der Waals surface area contributed by atoms with Crippen molar-refractivity contribution in [3.63, 3.8) is 0 Å². The Bertz CT molecular complexity index is 274. The Hall–Kier alpha value is 0.270. The Morgan fingerprint density at radius 1 is 1.28 bits per heavy atom. The molecule has 106 valence electrons. The molecule has 3 atom stereocenters. The standard InChI is InChI=1S/C15H30N2S/c1-12-8-16-7-5-6-14(16)10-17(12)9-13(11-18)15(2,3)4/h12-14,18H,5-11H2,1-4H3. The molecule has 0 saturated carbocycles. The van der Waals surface area contributed by atoms with Crippen molar-refractivity contribution in [3.8, 4) is 0 Å². The molecule has 2 rings (SSSR count). The van der Waals surface area contributed by atoms with E-state index in [-0.39, 0.29) is 0 Å². The fraction of sp³-hybridized carbons (Fsp3) is 1.00. The molecule has 2 aliphatic heterocycles. The summed E-state index contributed by atoms with van der Waals surface area (Å²) in [5, 5.41) is 0. The molecule has 2 fully saturated rings. The van der Waals surface area contributed by atoms with Gasteiger partial charge in [0.05, 0.1) is 0 Å². The molecule has 2 aliphatic rings. The summed E-state index contributed by atoms with van der Waals surface area (Å²) in [6.07, 6.45) is 2.81. The Labute approximate surface area is 119 Å². The highest BCUT2D eigenvalue weighted by molar-refractivity contribution is 7.80. The fourth-order valence-corrected chi connectivity index (χ4v) is 4.05. The maximum absolute atomic E-state index is 4.58. The molecule has 0 aromatic carbocycles. The average molecular weight is 270 g/mol. The molecule has 3 heteroatoms. The van der Waals surface area contributed by atoms with Crippen molar-refractivity contribution in [2.75, 3.05) is 31.9 Å². The lowest BCUT2D eigenvalue weighted by Gasteiger charge is -2.45. The van der Waals surface area contributed by atoms with Crippen LogP contribution < -0.4 is 0 Å². The van der Waals surface area contributed by atoms with E-state index in [1.807, 2.05) is 0 Å². The van der Waals surface area contributed by atoms with Crippen LogP contribution in [0.25, 0.3) is 0 Å². The SMILES string of the molecule is CC1CN2CCCC2CN1CC(CS)C(C)(C)C. The van der Waals surface area contributed by atoms with Crippen molar-refractivity contribution in [2.45, 2.75) is 52.6 Å². The van der Waals surface area contributed by atoms with E-state index >= 15 is 0 Å². The van der Waals surface area contributed by atoms with Crippen molar-refractivity contribution in [1.82, 2.24) is 9.80 Å². The third-order valence-corrected chi connectivity index (χ3v) is 5.41. The second-order valence-electron chi connectivity index (χ2n) is 7.34. The molecule has 3 unspecified atom stereocenters. The summed E-state index contributed by atoms with van der Waals surface area (Å²) in [5.74, 6) is 1.69. The van der Waals surface area contributed by atoms with Gasteiger partial charge in [0.1, 0.15) is 0 Å². The van der Waals surface area contributed by atoms with Crippen LogP contribution >= 0.6 is 12.6 Å². The van der Waals surface area contributed by atoms with Crippen LogP contribution in [0.1, 0.15) is 40.5 Å². The summed E-state index contributed by atoms with van der Waals surface area (Å²) < 4.78 is 0. The molecule has 2 saturated heterocycles. The zero-order valence-corrected chi connectivity index (χ0v) is 13.4. The molecule has 0 radical (unpaired) electrons. The highest BCUT2D eigenvalue weighted by Crippen LogP contribution is 2.31. The number of piperazine rings is 1. The fourth-order valence-electron chi connectivity index (χ4n) is 3.39. The third-order valence-electron chi connectivity index (χ3n) is 4.97. The minimum Gasteiger partial charge on any atom is -0.298 e. The molecule has 0 bridgehead atoms. The van der Waals surface area contributed by atoms with Crippen molar-refractivity contribution < 1.29 is 0 Å². The lowest BCUT2D eigenvalue weighted by molar-refractivity contribution is 0.0363. The van der Waals surface area contributed by atoms with Gasteiger partial charge in [-0.15, -0.1) is 0 Å². The van der Waals surface area contributed by atoms with Crippen molar-refractivity contribution in [2.24, 2.45) is 11.3 Å². The van der Waals surface area contributed by atoms with Crippen molar-refractivity contribution >= 4 is 12.6 Å². The first-order valence-corrected chi connectivity index (χ1v) is 8.14. The number of hydrogen-bond donors (Lipinski definition) is 1. The second-order valence-corrected chi connectivity index (χ2v) is 7.70. The second kappa shape index (κ2) is 5.72. The van der Waals surface area contributed by atoms with Crippen LogP contribution in [0.15, 0.2) is 0 Å². The van der Waals surface area contributed by atoms with E-state index in [1.54, 1.807) is 0 Å². The first-order chi connectivity index (χ1) is 8.41. The summed E-state index contributed by atoms with van der Waals surface area (Å²) in [5.41, 5.74) is 0.369. The Balaban J connectivity index is 1.95. The van der Waals surface area contributed by atoms with Gasteiger partial charge in [0.15, 0.2) is 0 Å². The predicted octanol–water partition coefficient (Wildman–Crippen LogP) is 2.75. The topological polar surface area (TPSA) is 6.48 Å². The summed E-state index contributed by atoms with van der Waals surface area (Å²) in [6, 6.07) is 1.55. The number of nitrogens with zero attached hydrogens (tertiary/aromatic N) is 2. The van der Waals surface area contributed by atoms with E-state index < -0.39 is 0 Å². The van der Waals surface area contributed by atoms with E-state index in [4.69, 9.17) is 0 Å². The molecular weight excluding hydrogens is 240 g/mol. The maximum atomic E-state index is 4.58. The van der Waals surface area contributed by atoms with Crippen LogP contribution in [-0.4, -0.2) is 53.8 Å². The van der Waals surface area contributed by atoms with Gasteiger partial charge in [0, 0.05) is 31.7 Å². The lowest BCUT2D eigenvalue weighted by atomic mass is 9.81. The zero-order valence-electron chi connectivity index (χ0n) is 12.5. The van der Waals surface area contributed by atoms with Gasteiger partial charge in [0.25, 0.3) is 0 Å². The van der Waals surface area contributed by atoms with Gasteiger partial charge in [-0.3, -0.25) is 9.80 Å². The van der Waals surface area contributed by atoms with Crippen LogP contribution in [0.5, 0.6) is 0 Å². The number of rotatable bonds is 3. The largest absolute Gasteiger partial charge is 0.298 e. The third kappa shape index (κ3) is 3.23. The molecule has 18 heavy (non-hydrogen) atoms. The number of fused-ring (bicyclic) bond motifs is 1. The van der Waals surface area contributed by atoms with Gasteiger partial charge in [-0.1, -0.05) is 20.8 Å². The molecular formula is C15H30N2S. The highest BCUT2D eigenvalue weighted by Gasteiger charge is 2.36. The molecule has 2 nitrogen and oxygen atoms in total. The van der Waals surface area contributed by atoms with Gasteiger partial charge in [-0.05, 0) is 43.4 Å². The lowest BCUT2D eigenvalue weighted by Crippen LogP contribution is -2.56. The number of thiol groups is 1. The Morgan fingerprint density at radius 2 is 2.00 bits per heavy atom. The predicted molar refractivity (Wildman–Crippen MR) is 82.4 cm³/mol. The Morgan fingerprint density at radius 3 is 2.61 bits per heavy atom. The van der Waals surface area contributed by atoms with Gasteiger partial charge in [0.2, 0.25) is 0 Å². The van der Waals surface area contributed by atoms with Crippen LogP contribution in [-0.2, 0) is 0 Å². The van der Waals surface area contributed by atoms with E-state index in [2.05, 4.69) is 50.1 Å².